The Morgan fingerprint density at radius 2 is 0.507 bits per heavy atom. The summed E-state index contributed by atoms with van der Waals surface area (Å²) < 4.78 is 2.39. The van der Waals surface area contributed by atoms with E-state index in [4.69, 9.17) is 0 Å². The number of para-hydroxylation sites is 1. The minimum Gasteiger partial charge on any atom is -0.310 e. The SMILES string of the molecule is Cc1ccc2c(c1)c1cc(N(c3ccc(N(c4ccc5ccccc5c4)c4ccc5ccccc5c4)cc3)c3ccc(N(c4ccc5ccccc5c4)c4ccc5ccccc5c4)cc3)ccc1n2-c1ccccc1. The third kappa shape index (κ3) is 7.97. The van der Waals surface area contributed by atoms with Gasteiger partial charge in [-0.3, -0.25) is 0 Å². The zero-order valence-corrected chi connectivity index (χ0v) is 41.4. The summed E-state index contributed by atoms with van der Waals surface area (Å²) in [6, 6.07) is 104. The van der Waals surface area contributed by atoms with Crippen LogP contribution in [-0.2, 0) is 0 Å². The molecule has 1 heterocycles. The molecule has 0 unspecified atom stereocenters. The zero-order chi connectivity index (χ0) is 49.8. The second-order valence-corrected chi connectivity index (χ2v) is 19.6. The maximum atomic E-state index is 2.40. The van der Waals surface area contributed by atoms with E-state index in [2.05, 4.69) is 311 Å². The number of aromatic nitrogens is 1. The molecule has 0 saturated carbocycles. The molecule has 0 radical (unpaired) electrons. The fourth-order valence-corrected chi connectivity index (χ4v) is 11.2. The van der Waals surface area contributed by atoms with Crippen molar-refractivity contribution in [3.63, 3.8) is 0 Å². The smallest absolute Gasteiger partial charge is 0.0542 e. The van der Waals surface area contributed by atoms with E-state index < -0.39 is 0 Å². The Morgan fingerprint density at radius 1 is 0.227 bits per heavy atom. The fourth-order valence-electron chi connectivity index (χ4n) is 11.2. The highest BCUT2D eigenvalue weighted by Gasteiger charge is 2.21. The van der Waals surface area contributed by atoms with Crippen LogP contribution in [0.1, 0.15) is 5.56 Å². The molecule has 0 aliphatic rings. The molecule has 0 aliphatic carbocycles. The van der Waals surface area contributed by atoms with Crippen LogP contribution >= 0.6 is 0 Å². The number of fused-ring (bicyclic) bond motifs is 7. The standard InChI is InChI=1S/C71H50N4/c1-49-23-41-70-68(43-49)69-48-67(40-42-71(69)75(70)58-21-3-2-4-22-58)72(59-32-36-61(37-33-59)73(63-28-24-50-13-5-9-17-54(50)44-63)64-29-25-51-14-6-10-18-55(51)45-64)60-34-38-62(39-35-60)74(65-30-26-52-15-7-11-19-56(52)46-65)66-31-27-53-16-8-12-20-57(53)47-66/h2-48H,1H3. The van der Waals surface area contributed by atoms with Crippen molar-refractivity contribution in [1.82, 2.24) is 4.57 Å². The van der Waals surface area contributed by atoms with Crippen LogP contribution in [0.5, 0.6) is 0 Å². The summed E-state index contributed by atoms with van der Waals surface area (Å²) in [6.07, 6.45) is 0. The average Bonchev–Trinajstić information content (AvgIpc) is 3.80. The molecule has 13 aromatic carbocycles. The Labute approximate surface area is 436 Å². The maximum absolute atomic E-state index is 2.40. The molecule has 4 heteroatoms. The molecule has 4 nitrogen and oxygen atoms in total. The van der Waals surface area contributed by atoms with Crippen molar-refractivity contribution in [2.75, 3.05) is 14.7 Å². The lowest BCUT2D eigenvalue weighted by molar-refractivity contribution is 1.18. The molecular weight excluding hydrogens is 909 g/mol. The third-order valence-electron chi connectivity index (χ3n) is 14.9. The highest BCUT2D eigenvalue weighted by molar-refractivity contribution is 6.11. The predicted octanol–water partition coefficient (Wildman–Crippen LogP) is 20.1. The van der Waals surface area contributed by atoms with Gasteiger partial charge in [0.25, 0.3) is 0 Å². The number of rotatable bonds is 10. The van der Waals surface area contributed by atoms with Gasteiger partial charge in [-0.2, -0.15) is 0 Å². The van der Waals surface area contributed by atoms with Crippen LogP contribution in [0.25, 0.3) is 70.6 Å². The number of nitrogens with zero attached hydrogens (tertiary/aromatic N) is 4. The lowest BCUT2D eigenvalue weighted by Crippen LogP contribution is -2.13. The highest BCUT2D eigenvalue weighted by Crippen LogP contribution is 2.45. The summed E-state index contributed by atoms with van der Waals surface area (Å²) in [7, 11) is 0. The minimum atomic E-state index is 1.05. The lowest BCUT2D eigenvalue weighted by atomic mass is 10.1. The Hall–Kier alpha value is -9.90. The molecule has 0 aliphatic heterocycles. The van der Waals surface area contributed by atoms with Gasteiger partial charge in [0.15, 0.2) is 0 Å². The lowest BCUT2D eigenvalue weighted by Gasteiger charge is -2.30. The van der Waals surface area contributed by atoms with Gasteiger partial charge in [-0.15, -0.1) is 0 Å². The molecule has 14 aromatic rings. The van der Waals surface area contributed by atoms with E-state index in [0.717, 1.165) is 56.9 Å². The summed E-state index contributed by atoms with van der Waals surface area (Å²) in [5.41, 5.74) is 14.4. The van der Waals surface area contributed by atoms with Crippen molar-refractivity contribution < 1.29 is 0 Å². The molecule has 75 heavy (non-hydrogen) atoms. The van der Waals surface area contributed by atoms with Gasteiger partial charge in [0, 0.05) is 67.6 Å². The van der Waals surface area contributed by atoms with Gasteiger partial charge < -0.3 is 19.3 Å². The number of benzene rings is 13. The first-order chi connectivity index (χ1) is 37.1. The first-order valence-electron chi connectivity index (χ1n) is 25.7. The summed E-state index contributed by atoms with van der Waals surface area (Å²) in [6.45, 7) is 2.18. The van der Waals surface area contributed by atoms with Gasteiger partial charge in [0.1, 0.15) is 0 Å². The Morgan fingerprint density at radius 3 is 0.893 bits per heavy atom. The van der Waals surface area contributed by atoms with Crippen LogP contribution in [0.15, 0.2) is 285 Å². The van der Waals surface area contributed by atoms with Crippen LogP contribution in [0, 0.1) is 6.92 Å². The first-order valence-corrected chi connectivity index (χ1v) is 25.7. The van der Waals surface area contributed by atoms with E-state index in [1.807, 2.05) is 0 Å². The molecule has 1 aromatic heterocycles. The van der Waals surface area contributed by atoms with E-state index in [1.165, 1.54) is 70.5 Å². The van der Waals surface area contributed by atoms with Gasteiger partial charge in [0.2, 0.25) is 0 Å². The molecular formula is C71H50N4. The van der Waals surface area contributed by atoms with Crippen molar-refractivity contribution in [3.05, 3.63) is 291 Å². The first kappa shape index (κ1) is 43.9. The monoisotopic (exact) mass is 958 g/mol. The molecule has 0 bridgehead atoms. The van der Waals surface area contributed by atoms with Crippen LogP contribution in [0.3, 0.4) is 0 Å². The summed E-state index contributed by atoms with van der Waals surface area (Å²) in [5.74, 6) is 0. The van der Waals surface area contributed by atoms with Crippen molar-refractivity contribution in [1.29, 1.82) is 0 Å². The minimum absolute atomic E-state index is 1.05. The Kier molecular flexibility index (Phi) is 10.7. The van der Waals surface area contributed by atoms with Crippen molar-refractivity contribution in [3.8, 4) is 5.69 Å². The quantitative estimate of drug-likeness (QED) is 0.136. The molecule has 0 fully saturated rings. The van der Waals surface area contributed by atoms with Gasteiger partial charge in [0.05, 0.1) is 11.0 Å². The topological polar surface area (TPSA) is 14.7 Å². The van der Waals surface area contributed by atoms with Gasteiger partial charge >= 0.3 is 0 Å². The molecule has 0 spiro atoms. The van der Waals surface area contributed by atoms with Gasteiger partial charge in [-0.1, -0.05) is 151 Å². The number of anilines is 9. The van der Waals surface area contributed by atoms with Crippen molar-refractivity contribution >= 4 is 116 Å². The predicted molar refractivity (Wildman–Crippen MR) is 320 cm³/mol. The van der Waals surface area contributed by atoms with Crippen molar-refractivity contribution in [2.24, 2.45) is 0 Å². The molecule has 0 atom stereocenters. The molecule has 14 rings (SSSR count). The van der Waals surface area contributed by atoms with E-state index in [9.17, 15) is 0 Å². The van der Waals surface area contributed by atoms with Crippen LogP contribution in [-0.4, -0.2) is 4.57 Å². The zero-order valence-electron chi connectivity index (χ0n) is 41.4. The second kappa shape index (κ2) is 18.3. The van der Waals surface area contributed by atoms with Crippen LogP contribution in [0.2, 0.25) is 0 Å². The van der Waals surface area contributed by atoms with E-state index in [1.54, 1.807) is 0 Å². The Balaban J connectivity index is 0.931. The van der Waals surface area contributed by atoms with Gasteiger partial charge in [-0.05, 0) is 190 Å². The number of aryl methyl sites for hydroxylation is 1. The third-order valence-corrected chi connectivity index (χ3v) is 14.9. The summed E-state index contributed by atoms with van der Waals surface area (Å²) in [4.78, 5) is 7.16. The van der Waals surface area contributed by atoms with E-state index in [-0.39, 0.29) is 0 Å². The normalized spacial score (nSPS) is 11.5. The largest absolute Gasteiger partial charge is 0.310 e. The van der Waals surface area contributed by atoms with E-state index >= 15 is 0 Å². The second-order valence-electron chi connectivity index (χ2n) is 19.6. The molecule has 0 N–H and O–H groups in total. The fraction of sp³-hybridized carbons (Fsp3) is 0.0141. The Bertz CT molecular complexity index is 4080. The van der Waals surface area contributed by atoms with E-state index in [0.29, 0.717) is 0 Å². The summed E-state index contributed by atoms with van der Waals surface area (Å²) in [5, 5.41) is 12.1. The number of hydrogen-bond acceptors (Lipinski definition) is 3. The number of hydrogen-bond donors (Lipinski definition) is 0. The van der Waals surface area contributed by atoms with Crippen molar-refractivity contribution in [2.45, 2.75) is 6.92 Å². The molecule has 0 amide bonds. The highest BCUT2D eigenvalue weighted by atomic mass is 15.2. The summed E-state index contributed by atoms with van der Waals surface area (Å²) >= 11 is 0. The van der Waals surface area contributed by atoms with Gasteiger partial charge in [-0.25, -0.2) is 0 Å². The van der Waals surface area contributed by atoms with Crippen LogP contribution < -0.4 is 14.7 Å². The molecule has 354 valence electrons. The average molecular weight is 959 g/mol. The maximum Gasteiger partial charge on any atom is 0.0542 e. The van der Waals surface area contributed by atoms with Crippen LogP contribution in [0.4, 0.5) is 51.2 Å². The molecule has 0 saturated heterocycles.